The van der Waals surface area contributed by atoms with Crippen LogP contribution in [-0.2, 0) is 16.1 Å². The molecule has 1 aromatic rings. The highest BCUT2D eigenvalue weighted by atomic mass is 16.5. The third-order valence-electron chi connectivity index (χ3n) is 3.36. The van der Waals surface area contributed by atoms with Crippen molar-refractivity contribution in [2.75, 3.05) is 0 Å². The van der Waals surface area contributed by atoms with Crippen LogP contribution < -0.4 is 0 Å². The van der Waals surface area contributed by atoms with Gasteiger partial charge in [0.15, 0.2) is 5.82 Å². The quantitative estimate of drug-likeness (QED) is 0.799. The topological polar surface area (TPSA) is 65.2 Å². The highest BCUT2D eigenvalue weighted by Crippen LogP contribution is 2.38. The van der Waals surface area contributed by atoms with Gasteiger partial charge in [0, 0.05) is 18.8 Å². The molecule has 5 nitrogen and oxygen atoms in total. The maximum absolute atomic E-state index is 11.1. The third kappa shape index (κ3) is 2.72. The molecule has 92 valence electrons. The molecular weight excluding hydrogens is 220 g/mol. The molecule has 0 aromatic carbocycles. The van der Waals surface area contributed by atoms with Crippen LogP contribution in [0.1, 0.15) is 56.2 Å². The average molecular weight is 236 g/mol. The summed E-state index contributed by atoms with van der Waals surface area (Å²) in [4.78, 5) is 15.4. The van der Waals surface area contributed by atoms with Crippen molar-refractivity contribution in [3.63, 3.8) is 0 Å². The second-order valence-electron chi connectivity index (χ2n) is 4.87. The van der Waals surface area contributed by atoms with Crippen molar-refractivity contribution in [1.82, 2.24) is 10.1 Å². The number of nitrogens with zero attached hydrogens (tertiary/aromatic N) is 2. The van der Waals surface area contributed by atoms with E-state index in [1.165, 1.54) is 12.8 Å². The fraction of sp³-hybridized carbons (Fsp3) is 0.750. The van der Waals surface area contributed by atoms with Gasteiger partial charge in [0.1, 0.15) is 12.4 Å². The van der Waals surface area contributed by atoms with E-state index >= 15 is 0 Å². The number of hydrogen-bond acceptors (Lipinski definition) is 5. The van der Waals surface area contributed by atoms with E-state index in [1.54, 1.807) is 0 Å². The second-order valence-corrected chi connectivity index (χ2v) is 4.87. The van der Waals surface area contributed by atoms with Crippen LogP contribution in [0.25, 0.3) is 0 Å². The van der Waals surface area contributed by atoms with E-state index in [0.717, 1.165) is 18.7 Å². The van der Waals surface area contributed by atoms with Gasteiger partial charge >= 0.3 is 0 Å². The van der Waals surface area contributed by atoms with Gasteiger partial charge < -0.3 is 9.26 Å². The Labute approximate surface area is 99.5 Å². The number of hydrogen-bond donors (Lipinski definition) is 0. The Bertz CT molecular complexity index is 402. The van der Waals surface area contributed by atoms with Crippen molar-refractivity contribution in [2.24, 2.45) is 0 Å². The zero-order valence-electron chi connectivity index (χ0n) is 9.72. The highest BCUT2D eigenvalue weighted by Gasteiger charge is 2.29. The minimum absolute atomic E-state index is 0.170. The standard InChI is InChI=1S/C12H16N2O3/c15-9-3-5-10(6-4-9)16-7-11-13-12(14-17-11)8-1-2-8/h8,10H,1-7H2. The molecule has 2 aliphatic rings. The first kappa shape index (κ1) is 10.9. The predicted octanol–water partition coefficient (Wildman–Crippen LogP) is 1.98. The molecule has 3 rings (SSSR count). The van der Waals surface area contributed by atoms with E-state index < -0.39 is 0 Å². The smallest absolute Gasteiger partial charge is 0.252 e. The Balaban J connectivity index is 1.47. The fourth-order valence-electron chi connectivity index (χ4n) is 2.10. The molecule has 1 aromatic heterocycles. The van der Waals surface area contributed by atoms with Crippen molar-refractivity contribution in [3.05, 3.63) is 11.7 Å². The Morgan fingerprint density at radius 2 is 2.00 bits per heavy atom. The summed E-state index contributed by atoms with van der Waals surface area (Å²) >= 11 is 0. The maximum Gasteiger partial charge on any atom is 0.252 e. The lowest BCUT2D eigenvalue weighted by Gasteiger charge is -2.20. The molecule has 0 aliphatic heterocycles. The lowest BCUT2D eigenvalue weighted by atomic mass is 9.97. The number of ketones is 1. The molecule has 0 amide bonds. The Morgan fingerprint density at radius 1 is 1.24 bits per heavy atom. The summed E-state index contributed by atoms with van der Waals surface area (Å²) in [5.74, 6) is 2.24. The molecule has 0 radical (unpaired) electrons. The summed E-state index contributed by atoms with van der Waals surface area (Å²) in [6.07, 6.45) is 5.44. The van der Waals surface area contributed by atoms with E-state index in [1.807, 2.05) is 0 Å². The number of ether oxygens (including phenoxy) is 1. The summed E-state index contributed by atoms with van der Waals surface area (Å²) in [5, 5.41) is 3.93. The van der Waals surface area contributed by atoms with Gasteiger partial charge in [-0.1, -0.05) is 5.16 Å². The zero-order chi connectivity index (χ0) is 11.7. The first-order valence-corrected chi connectivity index (χ1v) is 6.27. The molecule has 2 saturated carbocycles. The molecule has 0 bridgehead atoms. The van der Waals surface area contributed by atoms with E-state index in [2.05, 4.69) is 10.1 Å². The number of carbonyl (C=O) groups is 1. The van der Waals surface area contributed by atoms with E-state index in [0.29, 0.717) is 37.0 Å². The van der Waals surface area contributed by atoms with Crippen molar-refractivity contribution < 1.29 is 14.1 Å². The summed E-state index contributed by atoms with van der Waals surface area (Å²) in [5.41, 5.74) is 0. The lowest BCUT2D eigenvalue weighted by Crippen LogP contribution is -2.21. The first-order valence-electron chi connectivity index (χ1n) is 6.27. The van der Waals surface area contributed by atoms with Crippen LogP contribution in [0.15, 0.2) is 4.52 Å². The molecule has 0 unspecified atom stereocenters. The summed E-state index contributed by atoms with van der Waals surface area (Å²) < 4.78 is 10.8. The van der Waals surface area contributed by atoms with Gasteiger partial charge in [0.25, 0.3) is 5.89 Å². The molecule has 5 heteroatoms. The minimum atomic E-state index is 0.170. The van der Waals surface area contributed by atoms with Crippen LogP contribution in [0.2, 0.25) is 0 Å². The molecule has 17 heavy (non-hydrogen) atoms. The highest BCUT2D eigenvalue weighted by molar-refractivity contribution is 5.79. The average Bonchev–Trinajstić information content (AvgIpc) is 3.09. The number of rotatable bonds is 4. The van der Waals surface area contributed by atoms with Crippen LogP contribution in [0.5, 0.6) is 0 Å². The van der Waals surface area contributed by atoms with Crippen molar-refractivity contribution >= 4 is 5.78 Å². The van der Waals surface area contributed by atoms with Crippen LogP contribution in [0.3, 0.4) is 0 Å². The van der Waals surface area contributed by atoms with Crippen molar-refractivity contribution in [2.45, 2.75) is 57.2 Å². The molecule has 0 saturated heterocycles. The molecule has 1 heterocycles. The zero-order valence-corrected chi connectivity index (χ0v) is 9.72. The molecule has 0 atom stereocenters. The van der Waals surface area contributed by atoms with Gasteiger partial charge in [0.2, 0.25) is 0 Å². The normalized spacial score (nSPS) is 22.0. The number of Topliss-reactive ketones (excluding diaryl/α,β-unsaturated/α-hetero) is 1. The van der Waals surface area contributed by atoms with Gasteiger partial charge in [-0.05, 0) is 25.7 Å². The predicted molar refractivity (Wildman–Crippen MR) is 58.3 cm³/mol. The van der Waals surface area contributed by atoms with E-state index in [-0.39, 0.29) is 6.10 Å². The fourth-order valence-corrected chi connectivity index (χ4v) is 2.10. The van der Waals surface area contributed by atoms with Crippen molar-refractivity contribution in [3.8, 4) is 0 Å². The Hall–Kier alpha value is -1.23. The van der Waals surface area contributed by atoms with Gasteiger partial charge in [-0.3, -0.25) is 4.79 Å². The summed E-state index contributed by atoms with van der Waals surface area (Å²) in [6, 6.07) is 0. The van der Waals surface area contributed by atoms with Crippen LogP contribution in [-0.4, -0.2) is 22.0 Å². The first-order chi connectivity index (χ1) is 8.31. The van der Waals surface area contributed by atoms with Crippen molar-refractivity contribution in [1.29, 1.82) is 0 Å². The van der Waals surface area contributed by atoms with Gasteiger partial charge in [-0.15, -0.1) is 0 Å². The monoisotopic (exact) mass is 236 g/mol. The lowest BCUT2D eigenvalue weighted by molar-refractivity contribution is -0.123. The maximum atomic E-state index is 11.1. The Morgan fingerprint density at radius 3 is 2.71 bits per heavy atom. The Kier molecular flexibility index (Phi) is 2.93. The molecular formula is C12H16N2O3. The largest absolute Gasteiger partial charge is 0.368 e. The second kappa shape index (κ2) is 4.56. The summed E-state index contributed by atoms with van der Waals surface area (Å²) in [7, 11) is 0. The molecule has 2 fully saturated rings. The van der Waals surface area contributed by atoms with Gasteiger partial charge in [-0.25, -0.2) is 0 Å². The molecule has 0 N–H and O–H groups in total. The van der Waals surface area contributed by atoms with E-state index in [9.17, 15) is 4.79 Å². The molecule has 0 spiro atoms. The van der Waals surface area contributed by atoms with E-state index in [4.69, 9.17) is 9.26 Å². The van der Waals surface area contributed by atoms with Crippen LogP contribution in [0, 0.1) is 0 Å². The third-order valence-corrected chi connectivity index (χ3v) is 3.36. The molecule has 2 aliphatic carbocycles. The van der Waals surface area contributed by atoms with Gasteiger partial charge in [0.05, 0.1) is 6.10 Å². The van der Waals surface area contributed by atoms with Crippen LogP contribution >= 0.6 is 0 Å². The summed E-state index contributed by atoms with van der Waals surface area (Å²) in [6.45, 7) is 0.374. The minimum Gasteiger partial charge on any atom is -0.368 e. The SMILES string of the molecule is O=C1CCC(OCc2nc(C3CC3)no2)CC1. The number of carbonyl (C=O) groups excluding carboxylic acids is 1. The van der Waals surface area contributed by atoms with Crippen LogP contribution in [0.4, 0.5) is 0 Å². The number of aromatic nitrogens is 2. The van der Waals surface area contributed by atoms with Gasteiger partial charge in [-0.2, -0.15) is 4.98 Å².